The summed E-state index contributed by atoms with van der Waals surface area (Å²) < 4.78 is 6.97. The molecule has 90 valence electrons. The summed E-state index contributed by atoms with van der Waals surface area (Å²) in [6, 6.07) is 7.62. The Morgan fingerprint density at radius 3 is 2.82 bits per heavy atom. The predicted molar refractivity (Wildman–Crippen MR) is 68.1 cm³/mol. The first kappa shape index (κ1) is 12.0. The van der Waals surface area contributed by atoms with Gasteiger partial charge in [-0.25, -0.2) is 4.98 Å². The van der Waals surface area contributed by atoms with Gasteiger partial charge in [-0.2, -0.15) is 0 Å². The average Bonchev–Trinajstić information content (AvgIpc) is 2.66. The van der Waals surface area contributed by atoms with Crippen LogP contribution in [-0.2, 0) is 13.6 Å². The summed E-state index contributed by atoms with van der Waals surface area (Å²) in [4.78, 5) is 4.42. The van der Waals surface area contributed by atoms with E-state index in [-0.39, 0.29) is 0 Å². The van der Waals surface area contributed by atoms with Gasteiger partial charge in [0.2, 0.25) is 0 Å². The Balaban J connectivity index is 2.52. The molecule has 0 saturated carbocycles. The van der Waals surface area contributed by atoms with Crippen molar-refractivity contribution in [2.45, 2.75) is 6.54 Å². The van der Waals surface area contributed by atoms with E-state index < -0.39 is 0 Å². The quantitative estimate of drug-likeness (QED) is 0.910. The number of rotatable bonds is 3. The molecule has 0 amide bonds. The monoisotopic (exact) mass is 251 g/mol. The summed E-state index contributed by atoms with van der Waals surface area (Å²) in [5.74, 6) is 1.53. The van der Waals surface area contributed by atoms with Crippen LogP contribution in [0.3, 0.4) is 0 Å². The molecule has 0 saturated heterocycles. The first-order valence-corrected chi connectivity index (χ1v) is 5.60. The third kappa shape index (κ3) is 2.14. The van der Waals surface area contributed by atoms with Crippen molar-refractivity contribution in [3.8, 4) is 17.0 Å². The summed E-state index contributed by atoms with van der Waals surface area (Å²) in [5.41, 5.74) is 7.25. The van der Waals surface area contributed by atoms with Crippen molar-refractivity contribution in [3.63, 3.8) is 0 Å². The molecule has 0 atom stereocenters. The van der Waals surface area contributed by atoms with E-state index in [2.05, 4.69) is 4.98 Å². The van der Waals surface area contributed by atoms with Gasteiger partial charge in [-0.3, -0.25) is 0 Å². The fraction of sp³-hybridized carbons (Fsp3) is 0.250. The number of halogens is 1. The van der Waals surface area contributed by atoms with Crippen molar-refractivity contribution >= 4 is 11.6 Å². The van der Waals surface area contributed by atoms with Crippen LogP contribution >= 0.6 is 11.6 Å². The van der Waals surface area contributed by atoms with Crippen LogP contribution in [0.5, 0.6) is 5.75 Å². The van der Waals surface area contributed by atoms with E-state index in [1.807, 2.05) is 31.3 Å². The van der Waals surface area contributed by atoms with Gasteiger partial charge in [0.15, 0.2) is 0 Å². The molecule has 2 N–H and O–H groups in total. The molecule has 0 spiro atoms. The molecule has 0 fully saturated rings. The van der Waals surface area contributed by atoms with Crippen LogP contribution in [0.1, 0.15) is 5.82 Å². The molecule has 0 aliphatic carbocycles. The molecule has 2 aromatic rings. The van der Waals surface area contributed by atoms with E-state index >= 15 is 0 Å². The Morgan fingerprint density at radius 1 is 1.47 bits per heavy atom. The van der Waals surface area contributed by atoms with Crippen molar-refractivity contribution in [2.24, 2.45) is 12.8 Å². The second-order valence-electron chi connectivity index (χ2n) is 3.66. The Morgan fingerprint density at radius 2 is 2.24 bits per heavy atom. The standard InChI is InChI=1S/C12H14ClN3O/c1-16-10(7-14)15-11(12(16)13)8-4-3-5-9(6-8)17-2/h3-6H,7,14H2,1-2H3. The highest BCUT2D eigenvalue weighted by molar-refractivity contribution is 6.32. The lowest BCUT2D eigenvalue weighted by molar-refractivity contribution is 0.415. The van der Waals surface area contributed by atoms with Crippen LogP contribution in [-0.4, -0.2) is 16.7 Å². The van der Waals surface area contributed by atoms with Crippen LogP contribution < -0.4 is 10.5 Å². The number of aromatic nitrogens is 2. The Kier molecular flexibility index (Phi) is 3.36. The van der Waals surface area contributed by atoms with Crippen molar-refractivity contribution in [2.75, 3.05) is 7.11 Å². The molecule has 1 aromatic carbocycles. The summed E-state index contributed by atoms with van der Waals surface area (Å²) in [6.07, 6.45) is 0. The van der Waals surface area contributed by atoms with E-state index in [0.29, 0.717) is 11.7 Å². The fourth-order valence-electron chi connectivity index (χ4n) is 1.66. The zero-order valence-corrected chi connectivity index (χ0v) is 10.5. The normalized spacial score (nSPS) is 10.6. The van der Waals surface area contributed by atoms with Crippen LogP contribution in [0.15, 0.2) is 24.3 Å². The highest BCUT2D eigenvalue weighted by Gasteiger charge is 2.13. The number of ether oxygens (including phenoxy) is 1. The third-order valence-electron chi connectivity index (χ3n) is 2.64. The Labute approximate surface area is 105 Å². The largest absolute Gasteiger partial charge is 0.497 e. The fourth-order valence-corrected chi connectivity index (χ4v) is 1.91. The lowest BCUT2D eigenvalue weighted by Gasteiger charge is -2.02. The molecular formula is C12H14ClN3O. The number of imidazole rings is 1. The molecular weight excluding hydrogens is 238 g/mol. The molecule has 17 heavy (non-hydrogen) atoms. The van der Waals surface area contributed by atoms with E-state index in [9.17, 15) is 0 Å². The first-order valence-electron chi connectivity index (χ1n) is 5.23. The molecule has 4 nitrogen and oxygen atoms in total. The number of methoxy groups -OCH3 is 1. The molecule has 0 aliphatic heterocycles. The second kappa shape index (κ2) is 4.77. The molecule has 0 bridgehead atoms. The van der Waals surface area contributed by atoms with Crippen LogP contribution in [0, 0.1) is 0 Å². The summed E-state index contributed by atoms with van der Waals surface area (Å²) in [5, 5.41) is 0.582. The predicted octanol–water partition coefficient (Wildman–Crippen LogP) is 2.21. The third-order valence-corrected chi connectivity index (χ3v) is 3.08. The first-order chi connectivity index (χ1) is 8.17. The van der Waals surface area contributed by atoms with Crippen molar-refractivity contribution in [3.05, 3.63) is 35.2 Å². The van der Waals surface area contributed by atoms with Gasteiger partial charge in [0.25, 0.3) is 0 Å². The SMILES string of the molecule is COc1cccc(-c2nc(CN)n(C)c2Cl)c1. The molecule has 0 unspecified atom stereocenters. The van der Waals surface area contributed by atoms with Gasteiger partial charge in [0, 0.05) is 12.6 Å². The van der Waals surface area contributed by atoms with Gasteiger partial charge >= 0.3 is 0 Å². The molecule has 0 aliphatic rings. The van der Waals surface area contributed by atoms with Crippen LogP contribution in [0.2, 0.25) is 5.15 Å². The minimum Gasteiger partial charge on any atom is -0.497 e. The van der Waals surface area contributed by atoms with Gasteiger partial charge in [-0.1, -0.05) is 23.7 Å². The van der Waals surface area contributed by atoms with Crippen molar-refractivity contribution in [1.82, 2.24) is 9.55 Å². The number of nitrogens with zero attached hydrogens (tertiary/aromatic N) is 2. The van der Waals surface area contributed by atoms with Gasteiger partial charge < -0.3 is 15.0 Å². The maximum absolute atomic E-state index is 6.23. The maximum atomic E-state index is 6.23. The van der Waals surface area contributed by atoms with Gasteiger partial charge in [-0.15, -0.1) is 0 Å². The van der Waals surface area contributed by atoms with Crippen molar-refractivity contribution in [1.29, 1.82) is 0 Å². The minimum atomic E-state index is 0.361. The second-order valence-corrected chi connectivity index (χ2v) is 4.02. The number of benzene rings is 1. The number of nitrogens with two attached hydrogens (primary N) is 1. The summed E-state index contributed by atoms with van der Waals surface area (Å²) >= 11 is 6.23. The van der Waals surface area contributed by atoms with Gasteiger partial charge in [-0.05, 0) is 12.1 Å². The zero-order chi connectivity index (χ0) is 12.4. The molecule has 1 heterocycles. The van der Waals surface area contributed by atoms with E-state index in [4.69, 9.17) is 22.1 Å². The van der Waals surface area contributed by atoms with Crippen molar-refractivity contribution < 1.29 is 4.74 Å². The van der Waals surface area contributed by atoms with E-state index in [0.717, 1.165) is 22.8 Å². The molecule has 5 heteroatoms. The lowest BCUT2D eigenvalue weighted by Crippen LogP contribution is -2.04. The van der Waals surface area contributed by atoms with Gasteiger partial charge in [0.05, 0.1) is 13.7 Å². The topological polar surface area (TPSA) is 53.1 Å². The maximum Gasteiger partial charge on any atom is 0.136 e. The average molecular weight is 252 g/mol. The molecule has 0 radical (unpaired) electrons. The van der Waals surface area contributed by atoms with Gasteiger partial charge in [0.1, 0.15) is 22.4 Å². The van der Waals surface area contributed by atoms with E-state index in [1.54, 1.807) is 11.7 Å². The minimum absolute atomic E-state index is 0.361. The van der Waals surface area contributed by atoms with Crippen LogP contribution in [0.25, 0.3) is 11.3 Å². The molecule has 2 rings (SSSR count). The smallest absolute Gasteiger partial charge is 0.136 e. The Bertz CT molecular complexity index is 537. The van der Waals surface area contributed by atoms with E-state index in [1.165, 1.54) is 0 Å². The molecule has 1 aromatic heterocycles. The zero-order valence-electron chi connectivity index (χ0n) is 9.77. The summed E-state index contributed by atoms with van der Waals surface area (Å²) in [6.45, 7) is 0.361. The summed E-state index contributed by atoms with van der Waals surface area (Å²) in [7, 11) is 3.48. The van der Waals surface area contributed by atoms with Crippen LogP contribution in [0.4, 0.5) is 0 Å². The Hall–Kier alpha value is -1.52. The lowest BCUT2D eigenvalue weighted by atomic mass is 10.1. The number of hydrogen-bond donors (Lipinski definition) is 1. The highest BCUT2D eigenvalue weighted by Crippen LogP contribution is 2.29. The number of hydrogen-bond acceptors (Lipinski definition) is 3. The highest BCUT2D eigenvalue weighted by atomic mass is 35.5.